The van der Waals surface area contributed by atoms with Crippen LogP contribution in [-0.4, -0.2) is 48.5 Å². The van der Waals surface area contributed by atoms with Crippen LogP contribution in [0.15, 0.2) is 24.4 Å². The maximum Gasteiger partial charge on any atom is 0.341 e. The lowest BCUT2D eigenvalue weighted by Gasteiger charge is -2.17. The third-order valence-electron chi connectivity index (χ3n) is 4.01. The van der Waals surface area contributed by atoms with Gasteiger partial charge in [-0.25, -0.2) is 18.6 Å². The number of halogens is 3. The van der Waals surface area contributed by atoms with Crippen LogP contribution >= 0.6 is 11.6 Å². The van der Waals surface area contributed by atoms with Gasteiger partial charge in [0, 0.05) is 23.8 Å². The van der Waals surface area contributed by atoms with Gasteiger partial charge < -0.3 is 5.32 Å². The topological polar surface area (TPSA) is 109 Å². The lowest BCUT2D eigenvalue weighted by Crippen LogP contribution is -2.37. The predicted octanol–water partition coefficient (Wildman–Crippen LogP) is 2.96. The van der Waals surface area contributed by atoms with E-state index in [4.69, 9.17) is 16.8 Å². The zero-order valence-corrected chi connectivity index (χ0v) is 16.3. The Bertz CT molecular complexity index is 1070. The molecule has 0 aliphatic rings. The van der Waals surface area contributed by atoms with E-state index in [-0.39, 0.29) is 33.2 Å². The maximum absolute atomic E-state index is 14.7. The van der Waals surface area contributed by atoms with Crippen molar-refractivity contribution in [3.05, 3.63) is 46.7 Å². The molecule has 0 spiro atoms. The van der Waals surface area contributed by atoms with E-state index >= 15 is 0 Å². The Morgan fingerprint density at radius 2 is 2.03 bits per heavy atom. The Balaban J connectivity index is 2.04. The molecule has 3 rings (SSSR count). The number of pyridine rings is 1. The number of hydrogen-bond donors (Lipinski definition) is 2. The Kier molecular flexibility index (Phi) is 5.71. The minimum Gasteiger partial charge on any atom is -0.328 e. The molecule has 2 amide bonds. The number of carbonyl (C=O) groups is 1. The highest BCUT2D eigenvalue weighted by molar-refractivity contribution is 6.31. The highest BCUT2D eigenvalue weighted by Gasteiger charge is 2.22. The molecule has 152 valence electrons. The van der Waals surface area contributed by atoms with Crippen molar-refractivity contribution in [1.29, 1.82) is 0 Å². The van der Waals surface area contributed by atoms with Crippen LogP contribution in [0.25, 0.3) is 22.5 Å². The summed E-state index contributed by atoms with van der Waals surface area (Å²) in [6.45, 7) is 1.50. The summed E-state index contributed by atoms with van der Waals surface area (Å²) >= 11 is 5.98. The van der Waals surface area contributed by atoms with Gasteiger partial charge >= 0.3 is 6.03 Å². The number of amides is 2. The van der Waals surface area contributed by atoms with Crippen LogP contribution in [0.5, 0.6) is 0 Å². The first-order valence-corrected chi connectivity index (χ1v) is 8.67. The molecular formula is C17H16ClF2N7O2. The zero-order chi connectivity index (χ0) is 21.3. The fourth-order valence-electron chi connectivity index (χ4n) is 2.67. The molecule has 0 saturated carbocycles. The Hall–Kier alpha value is -3.18. The van der Waals surface area contributed by atoms with Crippen molar-refractivity contribution in [2.75, 3.05) is 7.05 Å². The fraction of sp³-hybridized carbons (Fsp3) is 0.235. The zero-order valence-electron chi connectivity index (χ0n) is 15.6. The smallest absolute Gasteiger partial charge is 0.328 e. The monoisotopic (exact) mass is 423 g/mol. The second kappa shape index (κ2) is 8.05. The Morgan fingerprint density at radius 1 is 1.31 bits per heavy atom. The van der Waals surface area contributed by atoms with E-state index in [1.165, 1.54) is 26.2 Å². The standard InChI is InChI=1S/C17H16ClF2N7O2/c1-8(22-17(28)26(2)29)15-13(20)4-9(7-21-15)11-5-10(18)6-12(19)14(11)16-23-25-27(3)24-16/h4-8,29H,1-3H3,(H,22,28)/t8-/m1/s1. The predicted molar refractivity (Wildman–Crippen MR) is 98.9 cm³/mol. The molecule has 9 nitrogen and oxygen atoms in total. The lowest BCUT2D eigenvalue weighted by molar-refractivity contribution is -0.0193. The van der Waals surface area contributed by atoms with Crippen LogP contribution in [0.1, 0.15) is 18.7 Å². The van der Waals surface area contributed by atoms with E-state index in [9.17, 15) is 13.6 Å². The van der Waals surface area contributed by atoms with Crippen molar-refractivity contribution < 1.29 is 18.8 Å². The molecule has 2 heterocycles. The molecule has 0 saturated heterocycles. The van der Waals surface area contributed by atoms with E-state index < -0.39 is 23.7 Å². The molecule has 0 fully saturated rings. The van der Waals surface area contributed by atoms with Gasteiger partial charge in [-0.1, -0.05) is 11.6 Å². The van der Waals surface area contributed by atoms with Crippen LogP contribution in [-0.2, 0) is 7.05 Å². The van der Waals surface area contributed by atoms with Gasteiger partial charge in [-0.3, -0.25) is 10.2 Å². The number of aromatic nitrogens is 5. The summed E-state index contributed by atoms with van der Waals surface area (Å²) in [5.74, 6) is -1.43. The van der Waals surface area contributed by atoms with Crippen LogP contribution in [0, 0.1) is 11.6 Å². The molecule has 12 heteroatoms. The molecule has 0 unspecified atom stereocenters. The molecule has 29 heavy (non-hydrogen) atoms. The largest absolute Gasteiger partial charge is 0.341 e. The summed E-state index contributed by atoms with van der Waals surface area (Å²) in [5, 5.41) is 23.4. The van der Waals surface area contributed by atoms with Crippen LogP contribution in [0.2, 0.25) is 5.02 Å². The number of urea groups is 1. The number of aryl methyl sites for hydroxylation is 1. The number of hydrogen-bond acceptors (Lipinski definition) is 6. The molecule has 2 aromatic heterocycles. The number of nitrogens with zero attached hydrogens (tertiary/aromatic N) is 6. The van der Waals surface area contributed by atoms with E-state index in [2.05, 4.69) is 25.7 Å². The van der Waals surface area contributed by atoms with Crippen molar-refractivity contribution in [2.45, 2.75) is 13.0 Å². The molecule has 0 bridgehead atoms. The van der Waals surface area contributed by atoms with E-state index in [0.717, 1.165) is 24.0 Å². The van der Waals surface area contributed by atoms with E-state index in [1.54, 1.807) is 0 Å². The summed E-state index contributed by atoms with van der Waals surface area (Å²) < 4.78 is 29.3. The van der Waals surface area contributed by atoms with Crippen molar-refractivity contribution in [1.82, 2.24) is 35.6 Å². The van der Waals surface area contributed by atoms with Gasteiger partial charge in [0.2, 0.25) is 5.82 Å². The van der Waals surface area contributed by atoms with Crippen LogP contribution in [0.4, 0.5) is 13.6 Å². The molecule has 0 aliphatic carbocycles. The van der Waals surface area contributed by atoms with Gasteiger partial charge in [0.1, 0.15) is 11.6 Å². The molecule has 1 aromatic carbocycles. The highest BCUT2D eigenvalue weighted by atomic mass is 35.5. The first-order chi connectivity index (χ1) is 13.7. The lowest BCUT2D eigenvalue weighted by atomic mass is 9.99. The van der Waals surface area contributed by atoms with Gasteiger partial charge in [0.15, 0.2) is 0 Å². The number of hydroxylamine groups is 2. The molecule has 3 aromatic rings. The first-order valence-electron chi connectivity index (χ1n) is 8.29. The van der Waals surface area contributed by atoms with Crippen LogP contribution < -0.4 is 5.32 Å². The summed E-state index contributed by atoms with van der Waals surface area (Å²) in [5.41, 5.74) is 0.394. The third-order valence-corrected chi connectivity index (χ3v) is 4.23. The molecular weight excluding hydrogens is 408 g/mol. The summed E-state index contributed by atoms with van der Waals surface area (Å²) in [6, 6.07) is 2.02. The molecule has 2 N–H and O–H groups in total. The normalized spacial score (nSPS) is 12.0. The minimum absolute atomic E-state index is 0.000272. The minimum atomic E-state index is -0.830. The van der Waals surface area contributed by atoms with Crippen LogP contribution in [0.3, 0.4) is 0 Å². The summed E-state index contributed by atoms with van der Waals surface area (Å²) in [4.78, 5) is 16.8. The van der Waals surface area contributed by atoms with Crippen molar-refractivity contribution >= 4 is 17.6 Å². The summed E-state index contributed by atoms with van der Waals surface area (Å²) in [7, 11) is 2.66. The third kappa shape index (κ3) is 4.30. The SMILES string of the molecule is C[C@@H](NC(=O)N(C)O)c1ncc(-c2cc(Cl)cc(F)c2-c2nnn(C)n2)cc1F. The summed E-state index contributed by atoms with van der Waals surface area (Å²) in [6.07, 6.45) is 1.31. The van der Waals surface area contributed by atoms with E-state index in [1.807, 2.05) is 0 Å². The van der Waals surface area contributed by atoms with Gasteiger partial charge in [-0.05, 0) is 35.9 Å². The Morgan fingerprint density at radius 3 is 2.62 bits per heavy atom. The Labute approximate surface area is 168 Å². The van der Waals surface area contributed by atoms with Gasteiger partial charge in [0.25, 0.3) is 0 Å². The second-order valence-electron chi connectivity index (χ2n) is 6.20. The maximum atomic E-state index is 14.7. The number of carbonyl (C=O) groups excluding carboxylic acids is 1. The number of tetrazole rings is 1. The average Bonchev–Trinajstić information content (AvgIpc) is 3.06. The van der Waals surface area contributed by atoms with Crippen molar-refractivity contribution in [3.63, 3.8) is 0 Å². The van der Waals surface area contributed by atoms with Gasteiger partial charge in [-0.2, -0.15) is 4.80 Å². The fourth-order valence-corrected chi connectivity index (χ4v) is 2.88. The quantitative estimate of drug-likeness (QED) is 0.493. The number of rotatable bonds is 4. The van der Waals surface area contributed by atoms with Crippen molar-refractivity contribution in [3.8, 4) is 22.5 Å². The van der Waals surface area contributed by atoms with E-state index in [0.29, 0.717) is 5.06 Å². The molecule has 1 atom stereocenters. The van der Waals surface area contributed by atoms with Gasteiger partial charge in [0.05, 0.1) is 24.3 Å². The number of nitrogens with one attached hydrogen (secondary N) is 1. The first kappa shape index (κ1) is 20.6. The number of benzene rings is 1. The van der Waals surface area contributed by atoms with Crippen molar-refractivity contribution in [2.24, 2.45) is 7.05 Å². The molecule has 0 radical (unpaired) electrons. The van der Waals surface area contributed by atoms with Gasteiger partial charge in [-0.15, -0.1) is 10.2 Å². The average molecular weight is 424 g/mol. The highest BCUT2D eigenvalue weighted by Crippen LogP contribution is 2.35. The molecule has 0 aliphatic heterocycles. The second-order valence-corrected chi connectivity index (χ2v) is 6.63.